The minimum Gasteiger partial charge on any atom is -0.537 e. The van der Waals surface area contributed by atoms with Gasteiger partial charge < -0.3 is 14.6 Å². The van der Waals surface area contributed by atoms with E-state index in [0.29, 0.717) is 5.75 Å². The fraction of sp³-hybridized carbons (Fsp3) is 0.231. The summed E-state index contributed by atoms with van der Waals surface area (Å²) in [6, 6.07) is 35.4. The molecule has 0 aromatic heterocycles. The Morgan fingerprint density at radius 2 is 0.814 bits per heavy atom. The highest BCUT2D eigenvalue weighted by Gasteiger charge is 2.52. The quantitative estimate of drug-likeness (QED) is 0.222. The van der Waals surface area contributed by atoms with Crippen LogP contribution in [0.25, 0.3) is 22.3 Å². The zero-order valence-corrected chi connectivity index (χ0v) is 25.6. The molecule has 1 N–H and O–H groups in total. The Kier molecular flexibility index (Phi) is 5.30. The molecule has 0 bridgehead atoms. The molecule has 3 nitrogen and oxygen atoms in total. The highest BCUT2D eigenvalue weighted by atomic mass is 16.5. The van der Waals surface area contributed by atoms with Gasteiger partial charge in [0.25, 0.3) is 0 Å². The fourth-order valence-corrected chi connectivity index (χ4v) is 7.95. The van der Waals surface area contributed by atoms with Crippen LogP contribution in [0.1, 0.15) is 74.9 Å². The topological polar surface area (TPSA) is 32.7 Å². The van der Waals surface area contributed by atoms with Crippen molar-refractivity contribution in [3.8, 4) is 28.0 Å². The highest BCUT2D eigenvalue weighted by Crippen LogP contribution is 2.67. The molecule has 1 radical (unpaired) electrons. The lowest BCUT2D eigenvalue weighted by Gasteiger charge is -2.55. The van der Waals surface area contributed by atoms with Crippen LogP contribution in [0, 0.1) is 0 Å². The molecule has 5 aromatic rings. The Labute approximate surface area is 255 Å². The molecular weight excluding hydrogens is 525 g/mol. The largest absolute Gasteiger partial charge is 0.569 e. The van der Waals surface area contributed by atoms with Crippen LogP contribution in [0.15, 0.2) is 97.1 Å². The van der Waals surface area contributed by atoms with Crippen molar-refractivity contribution in [2.45, 2.75) is 57.8 Å². The summed E-state index contributed by atoms with van der Waals surface area (Å²) >= 11 is 0. The van der Waals surface area contributed by atoms with Crippen LogP contribution in [0.4, 0.5) is 17.1 Å². The van der Waals surface area contributed by atoms with Gasteiger partial charge in [-0.1, -0.05) is 102 Å². The van der Waals surface area contributed by atoms with Gasteiger partial charge in [-0.05, 0) is 92.0 Å². The number of hydrogen-bond donors (Lipinski definition) is 1. The lowest BCUT2D eigenvalue weighted by Crippen LogP contribution is -2.43. The zero-order valence-electron chi connectivity index (χ0n) is 25.6. The smallest absolute Gasteiger partial charge is 0.537 e. The van der Waals surface area contributed by atoms with Crippen molar-refractivity contribution in [1.82, 2.24) is 0 Å². The first-order chi connectivity index (χ1) is 20.5. The second-order valence-electron chi connectivity index (χ2n) is 13.9. The molecule has 0 saturated heterocycles. The third-order valence-corrected chi connectivity index (χ3v) is 10.4. The van der Waals surface area contributed by atoms with Crippen LogP contribution in [-0.4, -0.2) is 12.7 Å². The van der Waals surface area contributed by atoms with Gasteiger partial charge in [-0.3, -0.25) is 0 Å². The molecule has 3 aliphatic heterocycles. The van der Waals surface area contributed by atoms with E-state index in [1.807, 2.05) is 0 Å². The second kappa shape index (κ2) is 8.64. The van der Waals surface area contributed by atoms with Gasteiger partial charge in [0.2, 0.25) is 0 Å². The maximum Gasteiger partial charge on any atom is 0.569 e. The Hall–Kier alpha value is -4.28. The van der Waals surface area contributed by atoms with Crippen molar-refractivity contribution in [3.63, 3.8) is 0 Å². The Morgan fingerprint density at radius 3 is 1.14 bits per heavy atom. The minimum atomic E-state index is -0.310. The molecule has 3 aliphatic rings. The lowest BCUT2D eigenvalue weighted by atomic mass is 9.60. The van der Waals surface area contributed by atoms with Crippen LogP contribution in [0.3, 0.4) is 0 Å². The van der Waals surface area contributed by atoms with Crippen LogP contribution < -0.4 is 9.55 Å². The van der Waals surface area contributed by atoms with E-state index in [4.69, 9.17) is 4.65 Å². The van der Waals surface area contributed by atoms with Gasteiger partial charge >= 0.3 is 7.69 Å². The SMILES string of the molecule is CC1(C)c2cc(O[B]O)cc3c2N2c4c1cc(-c1ccccc1)cc4C(C)(C)c1cc(-c4ccccc4)cc(c12)C3(C)C. The molecule has 0 atom stereocenters. The van der Waals surface area contributed by atoms with E-state index in [-0.39, 0.29) is 16.2 Å². The summed E-state index contributed by atoms with van der Waals surface area (Å²) in [5, 5.41) is 9.70. The number of benzene rings is 5. The first-order valence-electron chi connectivity index (χ1n) is 15.2. The Bertz CT molecular complexity index is 1820. The Balaban J connectivity index is 1.54. The van der Waals surface area contributed by atoms with Crippen molar-refractivity contribution < 1.29 is 9.68 Å². The average Bonchev–Trinajstić information content (AvgIpc) is 3.00. The van der Waals surface area contributed by atoms with Crippen molar-refractivity contribution in [2.75, 3.05) is 4.90 Å². The minimum absolute atomic E-state index is 0.240. The van der Waals surface area contributed by atoms with Gasteiger partial charge in [-0.25, -0.2) is 0 Å². The summed E-state index contributed by atoms with van der Waals surface area (Å²) in [7, 11) is 0.794. The van der Waals surface area contributed by atoms with Gasteiger partial charge in [-0.15, -0.1) is 0 Å². The fourth-order valence-electron chi connectivity index (χ4n) is 7.95. The maximum atomic E-state index is 9.70. The predicted octanol–water partition coefficient (Wildman–Crippen LogP) is 9.31. The van der Waals surface area contributed by atoms with Crippen LogP contribution in [-0.2, 0) is 16.2 Å². The van der Waals surface area contributed by atoms with Crippen LogP contribution in [0.2, 0.25) is 0 Å². The summed E-state index contributed by atoms with van der Waals surface area (Å²) in [6.07, 6.45) is 0. The molecule has 0 saturated carbocycles. The van der Waals surface area contributed by atoms with Gasteiger partial charge in [0.1, 0.15) is 5.75 Å². The summed E-state index contributed by atoms with van der Waals surface area (Å²) in [5.41, 5.74) is 15.6. The molecule has 0 amide bonds. The lowest BCUT2D eigenvalue weighted by molar-refractivity contribution is 0.450. The Morgan fingerprint density at radius 1 is 0.488 bits per heavy atom. The molecule has 0 unspecified atom stereocenters. The third kappa shape index (κ3) is 3.42. The standard InChI is InChI=1S/C39H35BNO2/c1-37(2)28-17-25(23-13-9-7-10-14-23)19-30-34(28)41-35-29(37)18-26(24-15-11-8-12-16-24)20-31(35)39(5,6)33-22-27(43-40-42)21-32(36(33)41)38(30,3)4/h7-22,42H,1-6H3. The number of anilines is 3. The summed E-state index contributed by atoms with van der Waals surface area (Å²) in [5.74, 6) is 0.653. The van der Waals surface area contributed by atoms with Gasteiger partial charge in [0.15, 0.2) is 0 Å². The molecule has 0 spiro atoms. The molecular formula is C39H35BNO2. The van der Waals surface area contributed by atoms with E-state index < -0.39 is 0 Å². The summed E-state index contributed by atoms with van der Waals surface area (Å²) in [6.45, 7) is 14.1. The molecule has 211 valence electrons. The van der Waals surface area contributed by atoms with E-state index >= 15 is 0 Å². The predicted molar refractivity (Wildman–Crippen MR) is 177 cm³/mol. The second-order valence-corrected chi connectivity index (χ2v) is 13.9. The molecule has 5 aromatic carbocycles. The number of rotatable bonds is 4. The van der Waals surface area contributed by atoms with E-state index in [1.165, 1.54) is 72.7 Å². The number of hydrogen-bond acceptors (Lipinski definition) is 3. The molecule has 4 heteroatoms. The maximum absolute atomic E-state index is 9.70. The van der Waals surface area contributed by atoms with E-state index in [0.717, 1.165) is 7.69 Å². The van der Waals surface area contributed by atoms with Crippen molar-refractivity contribution in [1.29, 1.82) is 0 Å². The molecule has 3 heterocycles. The van der Waals surface area contributed by atoms with Gasteiger partial charge in [0, 0.05) is 16.2 Å². The average molecular weight is 561 g/mol. The summed E-state index contributed by atoms with van der Waals surface area (Å²) in [4.78, 5) is 2.57. The van der Waals surface area contributed by atoms with Gasteiger partial charge in [-0.2, -0.15) is 0 Å². The molecule has 8 rings (SSSR count). The van der Waals surface area contributed by atoms with Crippen LogP contribution in [0.5, 0.6) is 5.75 Å². The first-order valence-corrected chi connectivity index (χ1v) is 15.2. The first kappa shape index (κ1) is 26.4. The molecule has 0 fully saturated rings. The monoisotopic (exact) mass is 560 g/mol. The van der Waals surface area contributed by atoms with Gasteiger partial charge in [0.05, 0.1) is 17.1 Å². The van der Waals surface area contributed by atoms with E-state index in [2.05, 4.69) is 144 Å². The van der Waals surface area contributed by atoms with Crippen molar-refractivity contribution in [2.24, 2.45) is 0 Å². The highest BCUT2D eigenvalue weighted by molar-refractivity contribution is 6.17. The molecule has 0 aliphatic carbocycles. The van der Waals surface area contributed by atoms with Crippen molar-refractivity contribution >= 4 is 24.7 Å². The van der Waals surface area contributed by atoms with Crippen molar-refractivity contribution in [3.05, 3.63) is 130 Å². The third-order valence-electron chi connectivity index (χ3n) is 10.4. The number of nitrogens with zero attached hydrogens (tertiary/aromatic N) is 1. The van der Waals surface area contributed by atoms with E-state index in [1.54, 1.807) is 0 Å². The van der Waals surface area contributed by atoms with E-state index in [9.17, 15) is 5.02 Å². The molecule has 43 heavy (non-hydrogen) atoms. The zero-order chi connectivity index (χ0) is 29.9. The summed E-state index contributed by atoms with van der Waals surface area (Å²) < 4.78 is 5.70. The normalized spacial score (nSPS) is 17.2. The van der Waals surface area contributed by atoms with Crippen LogP contribution >= 0.6 is 0 Å².